The van der Waals surface area contributed by atoms with Gasteiger partial charge >= 0.3 is 0 Å². The highest BCUT2D eigenvalue weighted by molar-refractivity contribution is 5.89. The average Bonchev–Trinajstić information content (AvgIpc) is 2.94. The molecule has 6 heteroatoms. The van der Waals surface area contributed by atoms with Gasteiger partial charge in [0.05, 0.1) is 19.6 Å². The van der Waals surface area contributed by atoms with Gasteiger partial charge in [0.1, 0.15) is 5.75 Å². The molecule has 0 bridgehead atoms. The van der Waals surface area contributed by atoms with Gasteiger partial charge in [-0.3, -0.25) is 9.59 Å². The number of benzene rings is 1. The van der Waals surface area contributed by atoms with E-state index in [2.05, 4.69) is 5.32 Å². The number of nitrogens with zero attached hydrogens (tertiary/aromatic N) is 1. The third-order valence-corrected chi connectivity index (χ3v) is 4.00. The molecule has 0 saturated carbocycles. The maximum atomic E-state index is 12.1. The standard InChI is InChI=1S/C17H24N2O4/c1-22-9-7-18-17(21)14-11-16(20)19(12-14)8-6-13-4-3-5-15(10-13)23-2/h3-5,10,14H,6-9,11-12H2,1-2H3,(H,18,21). The molecule has 1 N–H and O–H groups in total. The van der Waals surface area contributed by atoms with Crippen molar-refractivity contribution in [2.45, 2.75) is 12.8 Å². The predicted octanol–water partition coefficient (Wildman–Crippen LogP) is 0.849. The Bertz CT molecular complexity index is 547. The first-order chi connectivity index (χ1) is 11.1. The lowest BCUT2D eigenvalue weighted by Crippen LogP contribution is -2.35. The lowest BCUT2D eigenvalue weighted by atomic mass is 10.1. The second-order valence-electron chi connectivity index (χ2n) is 5.63. The van der Waals surface area contributed by atoms with Crippen molar-refractivity contribution in [1.82, 2.24) is 10.2 Å². The van der Waals surface area contributed by atoms with Gasteiger partial charge in [-0.15, -0.1) is 0 Å². The zero-order valence-electron chi connectivity index (χ0n) is 13.7. The number of carbonyl (C=O) groups is 2. The highest BCUT2D eigenvalue weighted by Gasteiger charge is 2.33. The van der Waals surface area contributed by atoms with Crippen molar-refractivity contribution in [3.05, 3.63) is 29.8 Å². The average molecular weight is 320 g/mol. The van der Waals surface area contributed by atoms with Gasteiger partial charge in [-0.2, -0.15) is 0 Å². The Hall–Kier alpha value is -2.08. The third kappa shape index (κ3) is 4.96. The number of hydrogen-bond donors (Lipinski definition) is 1. The number of methoxy groups -OCH3 is 2. The normalized spacial score (nSPS) is 17.4. The number of rotatable bonds is 8. The van der Waals surface area contributed by atoms with E-state index >= 15 is 0 Å². The van der Waals surface area contributed by atoms with Gasteiger partial charge in [-0.05, 0) is 24.1 Å². The van der Waals surface area contributed by atoms with Gasteiger partial charge < -0.3 is 19.7 Å². The van der Waals surface area contributed by atoms with Gasteiger partial charge in [0.15, 0.2) is 0 Å². The second-order valence-corrected chi connectivity index (χ2v) is 5.63. The molecular formula is C17H24N2O4. The molecule has 2 rings (SSSR count). The number of likely N-dealkylation sites (tertiary alicyclic amines) is 1. The first-order valence-electron chi connectivity index (χ1n) is 7.81. The minimum absolute atomic E-state index is 0.0415. The fourth-order valence-electron chi connectivity index (χ4n) is 2.68. The monoisotopic (exact) mass is 320 g/mol. The van der Waals surface area contributed by atoms with Crippen molar-refractivity contribution in [1.29, 1.82) is 0 Å². The first-order valence-corrected chi connectivity index (χ1v) is 7.81. The highest BCUT2D eigenvalue weighted by atomic mass is 16.5. The molecule has 1 aliphatic heterocycles. The Morgan fingerprint density at radius 3 is 2.96 bits per heavy atom. The summed E-state index contributed by atoms with van der Waals surface area (Å²) in [5.41, 5.74) is 1.12. The smallest absolute Gasteiger partial charge is 0.225 e. The number of carbonyl (C=O) groups excluding carboxylic acids is 2. The van der Waals surface area contributed by atoms with Crippen LogP contribution in [0.25, 0.3) is 0 Å². The topological polar surface area (TPSA) is 67.9 Å². The fraction of sp³-hybridized carbons (Fsp3) is 0.529. The fourth-order valence-corrected chi connectivity index (χ4v) is 2.68. The Balaban J connectivity index is 1.82. The lowest BCUT2D eigenvalue weighted by Gasteiger charge is -2.16. The zero-order valence-corrected chi connectivity index (χ0v) is 13.7. The Morgan fingerprint density at radius 2 is 2.22 bits per heavy atom. The van der Waals surface area contributed by atoms with E-state index in [1.807, 2.05) is 24.3 Å². The second kappa shape index (κ2) is 8.53. The molecule has 1 atom stereocenters. The van der Waals surface area contributed by atoms with E-state index in [1.54, 1.807) is 19.1 Å². The molecule has 6 nitrogen and oxygen atoms in total. The molecule has 23 heavy (non-hydrogen) atoms. The van der Waals surface area contributed by atoms with Crippen LogP contribution >= 0.6 is 0 Å². The molecule has 1 saturated heterocycles. The summed E-state index contributed by atoms with van der Waals surface area (Å²) in [6, 6.07) is 7.81. The number of ether oxygens (including phenoxy) is 2. The zero-order chi connectivity index (χ0) is 16.7. The molecule has 0 spiro atoms. The van der Waals surface area contributed by atoms with Crippen molar-refractivity contribution >= 4 is 11.8 Å². The van der Waals surface area contributed by atoms with E-state index < -0.39 is 0 Å². The van der Waals surface area contributed by atoms with Crippen LogP contribution in [0.2, 0.25) is 0 Å². The van der Waals surface area contributed by atoms with Crippen LogP contribution in [-0.4, -0.2) is 57.2 Å². The summed E-state index contributed by atoms with van der Waals surface area (Å²) >= 11 is 0. The molecule has 1 heterocycles. The van der Waals surface area contributed by atoms with Crippen LogP contribution in [0.1, 0.15) is 12.0 Å². The lowest BCUT2D eigenvalue weighted by molar-refractivity contribution is -0.129. The van der Waals surface area contributed by atoms with Crippen LogP contribution < -0.4 is 10.1 Å². The Kier molecular flexibility index (Phi) is 6.40. The van der Waals surface area contributed by atoms with Crippen LogP contribution in [0.4, 0.5) is 0 Å². The molecule has 0 aliphatic carbocycles. The summed E-state index contributed by atoms with van der Waals surface area (Å²) in [6.45, 7) is 2.06. The van der Waals surface area contributed by atoms with Crippen LogP contribution in [0, 0.1) is 5.92 Å². The number of nitrogens with one attached hydrogen (secondary N) is 1. The predicted molar refractivity (Wildman–Crippen MR) is 86.3 cm³/mol. The van der Waals surface area contributed by atoms with E-state index in [4.69, 9.17) is 9.47 Å². The number of amides is 2. The number of hydrogen-bond acceptors (Lipinski definition) is 4. The van der Waals surface area contributed by atoms with Crippen molar-refractivity contribution in [3.63, 3.8) is 0 Å². The largest absolute Gasteiger partial charge is 0.497 e. The van der Waals surface area contributed by atoms with Gasteiger partial charge in [0.2, 0.25) is 11.8 Å². The molecule has 1 aliphatic rings. The molecule has 2 amide bonds. The van der Waals surface area contributed by atoms with Gasteiger partial charge in [-0.25, -0.2) is 0 Å². The molecule has 1 aromatic rings. The van der Waals surface area contributed by atoms with Crippen LogP contribution in [0.5, 0.6) is 5.75 Å². The minimum atomic E-state index is -0.260. The van der Waals surface area contributed by atoms with Crippen molar-refractivity contribution in [2.75, 3.05) is 40.5 Å². The molecule has 1 aromatic carbocycles. The Morgan fingerprint density at radius 1 is 1.39 bits per heavy atom. The molecule has 1 unspecified atom stereocenters. The van der Waals surface area contributed by atoms with Crippen molar-refractivity contribution < 1.29 is 19.1 Å². The van der Waals surface area contributed by atoms with E-state index in [0.717, 1.165) is 17.7 Å². The molecule has 126 valence electrons. The van der Waals surface area contributed by atoms with E-state index in [9.17, 15) is 9.59 Å². The summed E-state index contributed by atoms with van der Waals surface area (Å²) in [5.74, 6) is 0.523. The summed E-state index contributed by atoms with van der Waals surface area (Å²) in [4.78, 5) is 25.8. The highest BCUT2D eigenvalue weighted by Crippen LogP contribution is 2.19. The van der Waals surface area contributed by atoms with Crippen molar-refractivity contribution in [2.24, 2.45) is 5.92 Å². The molecule has 1 fully saturated rings. The third-order valence-electron chi connectivity index (χ3n) is 4.00. The molecular weight excluding hydrogens is 296 g/mol. The summed E-state index contributed by atoms with van der Waals surface area (Å²) in [7, 11) is 3.22. The SMILES string of the molecule is COCCNC(=O)C1CC(=O)N(CCc2cccc(OC)c2)C1. The van der Waals surface area contributed by atoms with Gasteiger partial charge in [-0.1, -0.05) is 12.1 Å². The molecule has 0 radical (unpaired) electrons. The van der Waals surface area contributed by atoms with Crippen LogP contribution in [0.3, 0.4) is 0 Å². The van der Waals surface area contributed by atoms with E-state index in [0.29, 0.717) is 26.2 Å². The van der Waals surface area contributed by atoms with Crippen LogP contribution in [0.15, 0.2) is 24.3 Å². The summed E-state index contributed by atoms with van der Waals surface area (Å²) < 4.78 is 10.1. The maximum Gasteiger partial charge on any atom is 0.225 e. The maximum absolute atomic E-state index is 12.1. The quantitative estimate of drug-likeness (QED) is 0.721. The summed E-state index contributed by atoms with van der Waals surface area (Å²) in [5, 5.41) is 2.80. The Labute approximate surface area is 136 Å². The first kappa shape index (κ1) is 17.3. The van der Waals surface area contributed by atoms with Gasteiger partial charge in [0, 0.05) is 33.2 Å². The van der Waals surface area contributed by atoms with Gasteiger partial charge in [0.25, 0.3) is 0 Å². The van der Waals surface area contributed by atoms with Crippen molar-refractivity contribution in [3.8, 4) is 5.75 Å². The summed E-state index contributed by atoms with van der Waals surface area (Å²) in [6.07, 6.45) is 1.04. The van der Waals surface area contributed by atoms with Crippen LogP contribution in [-0.2, 0) is 20.7 Å². The minimum Gasteiger partial charge on any atom is -0.497 e. The molecule has 0 aromatic heterocycles. The van der Waals surface area contributed by atoms with E-state index in [-0.39, 0.29) is 24.2 Å². The van der Waals surface area contributed by atoms with E-state index in [1.165, 1.54) is 0 Å².